The molecule has 0 fully saturated rings. The number of hydrogen-bond acceptors (Lipinski definition) is 4. The zero-order valence-electron chi connectivity index (χ0n) is 12.9. The quantitative estimate of drug-likeness (QED) is 0.635. The normalized spacial score (nSPS) is 12.2. The first-order valence-electron chi connectivity index (χ1n) is 6.95. The molecule has 0 radical (unpaired) electrons. The average molecular weight is 368 g/mol. The van der Waals surface area contributed by atoms with Crippen molar-refractivity contribution < 1.29 is 0 Å². The Morgan fingerprint density at radius 1 is 1.26 bits per heavy atom. The fourth-order valence-corrected chi connectivity index (χ4v) is 3.42. The van der Waals surface area contributed by atoms with E-state index in [1.54, 1.807) is 25.1 Å². The summed E-state index contributed by atoms with van der Waals surface area (Å²) in [7, 11) is 0. The highest BCUT2D eigenvalue weighted by Crippen LogP contribution is 2.30. The van der Waals surface area contributed by atoms with E-state index in [1.165, 1.54) is 11.8 Å². The van der Waals surface area contributed by atoms with Crippen LogP contribution in [0.1, 0.15) is 36.6 Å². The van der Waals surface area contributed by atoms with Crippen LogP contribution in [0.15, 0.2) is 28.2 Å². The summed E-state index contributed by atoms with van der Waals surface area (Å²) in [4.78, 5) is 19.4. The molecule has 0 amide bonds. The van der Waals surface area contributed by atoms with Gasteiger partial charge in [-0.15, -0.1) is 0 Å². The lowest BCUT2D eigenvalue weighted by Gasteiger charge is -2.14. The molecule has 23 heavy (non-hydrogen) atoms. The number of H-pyrrole nitrogens is 1. The molecule has 7 heteroatoms. The Bertz CT molecular complexity index is 807. The van der Waals surface area contributed by atoms with Crippen molar-refractivity contribution in [3.63, 3.8) is 0 Å². The van der Waals surface area contributed by atoms with Crippen molar-refractivity contribution in [2.24, 2.45) is 0 Å². The number of aromatic nitrogens is 2. The lowest BCUT2D eigenvalue weighted by Crippen LogP contribution is -2.18. The first-order chi connectivity index (χ1) is 10.8. The van der Waals surface area contributed by atoms with E-state index in [2.05, 4.69) is 16.0 Å². The zero-order valence-corrected chi connectivity index (χ0v) is 15.2. The number of nitrogens with zero attached hydrogens (tertiary/aromatic N) is 2. The van der Waals surface area contributed by atoms with Crippen molar-refractivity contribution in [2.75, 3.05) is 0 Å². The van der Waals surface area contributed by atoms with E-state index in [4.69, 9.17) is 23.2 Å². The molecule has 0 aliphatic heterocycles. The Morgan fingerprint density at radius 3 is 2.39 bits per heavy atom. The topological polar surface area (TPSA) is 69.5 Å². The maximum Gasteiger partial charge on any atom is 0.254 e. The molecule has 1 aromatic heterocycles. The van der Waals surface area contributed by atoms with Gasteiger partial charge in [0.1, 0.15) is 5.92 Å². The monoisotopic (exact) mass is 367 g/mol. The molecule has 1 heterocycles. The predicted molar refractivity (Wildman–Crippen MR) is 94.5 cm³/mol. The minimum atomic E-state index is -0.708. The third-order valence-corrected chi connectivity index (χ3v) is 4.46. The number of benzene rings is 1. The molecule has 1 unspecified atom stereocenters. The summed E-state index contributed by atoms with van der Waals surface area (Å²) < 4.78 is 0. The van der Waals surface area contributed by atoms with Crippen LogP contribution in [0.4, 0.5) is 0 Å². The van der Waals surface area contributed by atoms with Crippen molar-refractivity contribution in [1.29, 1.82) is 5.26 Å². The average Bonchev–Trinajstić information content (AvgIpc) is 2.43. The van der Waals surface area contributed by atoms with Crippen LogP contribution in [-0.4, -0.2) is 15.2 Å². The summed E-state index contributed by atoms with van der Waals surface area (Å²) in [6, 6.07) is 7.12. The number of rotatable bonds is 4. The van der Waals surface area contributed by atoms with Crippen LogP contribution in [0, 0.1) is 18.3 Å². The van der Waals surface area contributed by atoms with Crippen molar-refractivity contribution in [3.8, 4) is 6.07 Å². The van der Waals surface area contributed by atoms with Crippen molar-refractivity contribution in [3.05, 3.63) is 55.4 Å². The minimum absolute atomic E-state index is 0.244. The van der Waals surface area contributed by atoms with Crippen LogP contribution < -0.4 is 5.56 Å². The SMILES string of the molecule is Cc1c(C(C#N)c2cc(Cl)cc(Cl)c2)nc(SC(C)C)[nH]c1=O. The second-order valence-electron chi connectivity index (χ2n) is 5.31. The summed E-state index contributed by atoms with van der Waals surface area (Å²) in [6.07, 6.45) is 0. The first-order valence-corrected chi connectivity index (χ1v) is 8.58. The standard InChI is InChI=1S/C16H15Cl2N3OS/c1-8(2)23-16-20-14(9(3)15(22)21-16)13(7-19)10-4-11(17)6-12(18)5-10/h4-6,8,13H,1-3H3,(H,20,21,22). The van der Waals surface area contributed by atoms with E-state index in [-0.39, 0.29) is 10.8 Å². The fourth-order valence-electron chi connectivity index (χ4n) is 2.12. The van der Waals surface area contributed by atoms with Gasteiger partial charge in [0.2, 0.25) is 0 Å². The molecule has 0 bridgehead atoms. The molecule has 0 aliphatic rings. The molecule has 1 N–H and O–H groups in total. The Labute approximate surface area is 148 Å². The van der Waals surface area contributed by atoms with Gasteiger partial charge in [0, 0.05) is 20.9 Å². The molecule has 0 saturated carbocycles. The van der Waals surface area contributed by atoms with Gasteiger partial charge in [-0.3, -0.25) is 4.79 Å². The Hall–Kier alpha value is -1.48. The highest BCUT2D eigenvalue weighted by molar-refractivity contribution is 7.99. The molecule has 120 valence electrons. The van der Waals surface area contributed by atoms with Gasteiger partial charge in [-0.1, -0.05) is 48.8 Å². The van der Waals surface area contributed by atoms with Crippen LogP contribution >= 0.6 is 35.0 Å². The number of halogens is 2. The van der Waals surface area contributed by atoms with Gasteiger partial charge in [0.15, 0.2) is 5.16 Å². The van der Waals surface area contributed by atoms with Crippen molar-refractivity contribution in [1.82, 2.24) is 9.97 Å². The number of nitrogens with one attached hydrogen (secondary N) is 1. The molecule has 1 atom stereocenters. The Kier molecular flexibility index (Phi) is 5.74. The van der Waals surface area contributed by atoms with E-state index < -0.39 is 5.92 Å². The number of nitriles is 1. The van der Waals surface area contributed by atoms with E-state index in [9.17, 15) is 10.1 Å². The van der Waals surface area contributed by atoms with Gasteiger partial charge in [-0.05, 0) is 30.7 Å². The third kappa shape index (κ3) is 4.29. The van der Waals surface area contributed by atoms with E-state index >= 15 is 0 Å². The predicted octanol–water partition coefficient (Wildman–Crippen LogP) is 4.54. The molecule has 1 aromatic carbocycles. The van der Waals surface area contributed by atoms with Gasteiger partial charge < -0.3 is 4.98 Å². The minimum Gasteiger partial charge on any atom is -0.301 e. The molecule has 0 saturated heterocycles. The molecule has 0 spiro atoms. The second kappa shape index (κ2) is 7.39. The summed E-state index contributed by atoms with van der Waals surface area (Å²) in [5, 5.41) is 11.2. The molecule has 0 aliphatic carbocycles. The van der Waals surface area contributed by atoms with Gasteiger partial charge in [-0.2, -0.15) is 5.26 Å². The molecule has 4 nitrogen and oxygen atoms in total. The van der Waals surface area contributed by atoms with Crippen molar-refractivity contribution in [2.45, 2.75) is 37.1 Å². The van der Waals surface area contributed by atoms with Crippen LogP contribution in [0.25, 0.3) is 0 Å². The summed E-state index contributed by atoms with van der Waals surface area (Å²) in [5.74, 6) is -0.708. The smallest absolute Gasteiger partial charge is 0.254 e. The Morgan fingerprint density at radius 2 is 1.87 bits per heavy atom. The number of aromatic amines is 1. The van der Waals surface area contributed by atoms with Crippen molar-refractivity contribution >= 4 is 35.0 Å². The summed E-state index contributed by atoms with van der Waals surface area (Å²) in [5.41, 5.74) is 1.22. The molecule has 2 rings (SSSR count). The number of thioether (sulfide) groups is 1. The van der Waals surface area contributed by atoms with Gasteiger partial charge in [0.05, 0.1) is 11.8 Å². The molecular formula is C16H15Cl2N3OS. The van der Waals surface area contributed by atoms with Crippen LogP contribution in [-0.2, 0) is 0 Å². The maximum atomic E-state index is 12.2. The van der Waals surface area contributed by atoms with Gasteiger partial charge in [-0.25, -0.2) is 4.98 Å². The third-order valence-electron chi connectivity index (χ3n) is 3.14. The van der Waals surface area contributed by atoms with Gasteiger partial charge >= 0.3 is 0 Å². The summed E-state index contributed by atoms with van der Waals surface area (Å²) >= 11 is 13.5. The lowest BCUT2D eigenvalue weighted by molar-refractivity contribution is 0.824. The van der Waals surface area contributed by atoms with Crippen LogP contribution in [0.3, 0.4) is 0 Å². The molecule has 2 aromatic rings. The highest BCUT2D eigenvalue weighted by atomic mass is 35.5. The zero-order chi connectivity index (χ0) is 17.1. The van der Waals surface area contributed by atoms with E-state index in [0.717, 1.165) is 0 Å². The first kappa shape index (κ1) is 17.9. The van der Waals surface area contributed by atoms with E-state index in [1.807, 2.05) is 13.8 Å². The summed E-state index contributed by atoms with van der Waals surface area (Å²) in [6.45, 7) is 5.66. The lowest BCUT2D eigenvalue weighted by atomic mass is 9.94. The van der Waals surface area contributed by atoms with Crippen LogP contribution in [0.2, 0.25) is 10.0 Å². The largest absolute Gasteiger partial charge is 0.301 e. The van der Waals surface area contributed by atoms with Crippen LogP contribution in [0.5, 0.6) is 0 Å². The highest BCUT2D eigenvalue weighted by Gasteiger charge is 2.21. The van der Waals surface area contributed by atoms with Gasteiger partial charge in [0.25, 0.3) is 5.56 Å². The second-order valence-corrected chi connectivity index (χ2v) is 7.75. The maximum absolute atomic E-state index is 12.2. The molecular weight excluding hydrogens is 353 g/mol. The fraction of sp³-hybridized carbons (Fsp3) is 0.312. The Balaban J connectivity index is 2.59. The number of hydrogen-bond donors (Lipinski definition) is 1. The van der Waals surface area contributed by atoms with E-state index in [0.29, 0.717) is 32.0 Å².